The van der Waals surface area contributed by atoms with Crippen molar-refractivity contribution < 1.29 is 19.1 Å². The van der Waals surface area contributed by atoms with Crippen LogP contribution in [0.15, 0.2) is 0 Å². The number of hydrogen-bond acceptors (Lipinski definition) is 4. The third kappa shape index (κ3) is 9.04. The summed E-state index contributed by atoms with van der Waals surface area (Å²) in [6.07, 6.45) is -0.960. The molecule has 6 nitrogen and oxygen atoms in total. The summed E-state index contributed by atoms with van der Waals surface area (Å²) in [6.45, 7) is 8.50. The van der Waals surface area contributed by atoms with E-state index in [0.717, 1.165) is 0 Å². The molecule has 0 rings (SSSR count). The van der Waals surface area contributed by atoms with Crippen molar-refractivity contribution in [2.45, 2.75) is 60.1 Å². The highest BCUT2D eigenvalue weighted by Gasteiger charge is 2.27. The molecule has 0 saturated carbocycles. The van der Waals surface area contributed by atoms with Gasteiger partial charge in [-0.3, -0.25) is 9.59 Å². The van der Waals surface area contributed by atoms with Crippen molar-refractivity contribution in [3.8, 4) is 0 Å². The first-order valence-electron chi connectivity index (χ1n) is 5.84. The third-order valence-electron chi connectivity index (χ3n) is 2.01. The third-order valence-corrected chi connectivity index (χ3v) is 2.01. The molecule has 1 atom stereocenters. The molecule has 0 fully saturated rings. The summed E-state index contributed by atoms with van der Waals surface area (Å²) in [7, 11) is 0. The molecule has 0 unspecified atom stereocenters. The van der Waals surface area contributed by atoms with Crippen LogP contribution < -0.4 is 11.1 Å². The van der Waals surface area contributed by atoms with E-state index in [2.05, 4.69) is 5.32 Å². The fourth-order valence-electron chi connectivity index (χ4n) is 1.28. The highest BCUT2D eigenvalue weighted by Crippen LogP contribution is 2.09. The van der Waals surface area contributed by atoms with Crippen molar-refractivity contribution in [3.63, 3.8) is 0 Å². The summed E-state index contributed by atoms with van der Waals surface area (Å²) in [5, 5.41) is 2.37. The van der Waals surface area contributed by atoms with Crippen molar-refractivity contribution in [2.75, 3.05) is 0 Å². The Bertz CT molecular complexity index is 332. The van der Waals surface area contributed by atoms with Gasteiger partial charge in [0.25, 0.3) is 0 Å². The molecule has 0 aromatic heterocycles. The predicted molar refractivity (Wildman–Crippen MR) is 73.5 cm³/mol. The number of alkyl carbamates (subject to hydrolysis) is 1. The smallest absolute Gasteiger partial charge is 0.408 e. The Kier molecular flexibility index (Phi) is 8.06. The molecule has 0 spiro atoms. The van der Waals surface area contributed by atoms with Gasteiger partial charge in [0.2, 0.25) is 5.91 Å². The van der Waals surface area contributed by atoms with E-state index >= 15 is 0 Å². The van der Waals surface area contributed by atoms with Crippen LogP contribution in [-0.4, -0.2) is 29.4 Å². The van der Waals surface area contributed by atoms with E-state index in [1.807, 2.05) is 0 Å². The summed E-state index contributed by atoms with van der Waals surface area (Å²) in [5.74, 6) is -1.20. The van der Waals surface area contributed by atoms with Gasteiger partial charge in [0.15, 0.2) is 5.78 Å². The van der Waals surface area contributed by atoms with E-state index in [1.54, 1.807) is 34.6 Å². The topological polar surface area (TPSA) is 98.5 Å². The van der Waals surface area contributed by atoms with Crippen LogP contribution in [0, 0.1) is 5.92 Å². The van der Waals surface area contributed by atoms with Crippen molar-refractivity contribution in [1.82, 2.24) is 5.32 Å². The number of rotatable bonds is 5. The number of primary amides is 1. The number of nitrogens with one attached hydrogen (secondary N) is 1. The molecule has 19 heavy (non-hydrogen) atoms. The molecule has 3 N–H and O–H groups in total. The molecule has 0 bridgehead atoms. The standard InChI is InChI=1S/C12H22N2O4.CH4/c1-7(2)10(16)8(6-9(13)15)14-11(17)18-12(3,4)5;/h7-8H,6H2,1-5H3,(H2,13,15)(H,14,17);1H4/t8-;/m0./s1. The molecule has 0 aliphatic heterocycles. The lowest BCUT2D eigenvalue weighted by molar-refractivity contribution is -0.127. The summed E-state index contributed by atoms with van der Waals surface area (Å²) in [4.78, 5) is 34.2. The van der Waals surface area contributed by atoms with Crippen LogP contribution in [0.3, 0.4) is 0 Å². The molecule has 0 aliphatic rings. The van der Waals surface area contributed by atoms with Gasteiger partial charge in [-0.05, 0) is 20.8 Å². The van der Waals surface area contributed by atoms with Crippen molar-refractivity contribution in [1.29, 1.82) is 0 Å². The molecular weight excluding hydrogens is 248 g/mol. The second kappa shape index (κ2) is 7.76. The van der Waals surface area contributed by atoms with E-state index in [-0.39, 0.29) is 25.5 Å². The lowest BCUT2D eigenvalue weighted by atomic mass is 9.99. The number of carbonyl (C=O) groups excluding carboxylic acids is 3. The molecule has 0 saturated heterocycles. The van der Waals surface area contributed by atoms with Gasteiger partial charge in [0.05, 0.1) is 12.5 Å². The van der Waals surface area contributed by atoms with E-state index in [9.17, 15) is 14.4 Å². The van der Waals surface area contributed by atoms with Crippen molar-refractivity contribution in [2.24, 2.45) is 11.7 Å². The minimum absolute atomic E-state index is 0. The number of amides is 2. The van der Waals surface area contributed by atoms with E-state index in [0.29, 0.717) is 0 Å². The molecule has 0 radical (unpaired) electrons. The summed E-state index contributed by atoms with van der Waals surface area (Å²) >= 11 is 0. The quantitative estimate of drug-likeness (QED) is 0.795. The number of ketones is 1. The van der Waals surface area contributed by atoms with Crippen LogP contribution in [0.2, 0.25) is 0 Å². The zero-order valence-corrected chi connectivity index (χ0v) is 11.6. The van der Waals surface area contributed by atoms with Crippen LogP contribution in [0.1, 0.15) is 48.5 Å². The highest BCUT2D eigenvalue weighted by molar-refractivity contribution is 5.92. The molecule has 0 aromatic rings. The lowest BCUT2D eigenvalue weighted by Gasteiger charge is -2.23. The van der Waals surface area contributed by atoms with Gasteiger partial charge < -0.3 is 15.8 Å². The predicted octanol–water partition coefficient (Wildman–Crippen LogP) is 1.62. The fraction of sp³-hybridized carbons (Fsp3) is 0.769. The molecule has 0 heterocycles. The minimum Gasteiger partial charge on any atom is -0.444 e. The molecule has 2 amide bonds. The summed E-state index contributed by atoms with van der Waals surface area (Å²) in [6, 6.07) is -0.933. The van der Waals surface area contributed by atoms with Crippen LogP contribution in [0.25, 0.3) is 0 Å². The summed E-state index contributed by atoms with van der Waals surface area (Å²) in [5.41, 5.74) is 4.39. The number of Topliss-reactive ketones (excluding diaryl/α,β-unsaturated/α-hetero) is 1. The van der Waals surface area contributed by atoms with Gasteiger partial charge >= 0.3 is 6.09 Å². The lowest BCUT2D eigenvalue weighted by Crippen LogP contribution is -2.46. The number of nitrogens with two attached hydrogens (primary N) is 1. The van der Waals surface area contributed by atoms with Gasteiger partial charge in [-0.15, -0.1) is 0 Å². The van der Waals surface area contributed by atoms with Crippen LogP contribution in [-0.2, 0) is 14.3 Å². The first kappa shape index (κ1) is 19.7. The Labute approximate surface area is 115 Å². The normalized spacial score (nSPS) is 12.3. The SMILES string of the molecule is C.CC(C)C(=O)[C@H](CC(N)=O)NC(=O)OC(C)(C)C. The first-order chi connectivity index (χ1) is 8.03. The Hall–Kier alpha value is -1.59. The maximum absolute atomic E-state index is 11.8. The Morgan fingerprint density at radius 2 is 1.68 bits per heavy atom. The molecular formula is C13H26N2O4. The van der Waals surface area contributed by atoms with Gasteiger partial charge in [-0.2, -0.15) is 0 Å². The average Bonchev–Trinajstić information content (AvgIpc) is 2.11. The van der Waals surface area contributed by atoms with Gasteiger partial charge in [0, 0.05) is 5.92 Å². The molecule has 6 heteroatoms. The molecule has 0 aromatic carbocycles. The van der Waals surface area contributed by atoms with Crippen LogP contribution in [0.4, 0.5) is 4.79 Å². The number of hydrogen-bond donors (Lipinski definition) is 2. The van der Waals surface area contributed by atoms with E-state index < -0.39 is 23.6 Å². The Balaban J connectivity index is 0. The highest BCUT2D eigenvalue weighted by atomic mass is 16.6. The van der Waals surface area contributed by atoms with E-state index in [4.69, 9.17) is 10.5 Å². The molecule has 112 valence electrons. The zero-order valence-electron chi connectivity index (χ0n) is 11.6. The first-order valence-corrected chi connectivity index (χ1v) is 5.84. The number of carbonyl (C=O) groups is 3. The second-order valence-electron chi connectivity index (χ2n) is 5.43. The Morgan fingerprint density at radius 1 is 1.21 bits per heavy atom. The fourth-order valence-corrected chi connectivity index (χ4v) is 1.28. The summed E-state index contributed by atoms with van der Waals surface area (Å²) < 4.78 is 5.03. The monoisotopic (exact) mass is 274 g/mol. The zero-order chi connectivity index (χ0) is 14.5. The van der Waals surface area contributed by atoms with Gasteiger partial charge in [-0.25, -0.2) is 4.79 Å². The van der Waals surface area contributed by atoms with Gasteiger partial charge in [-0.1, -0.05) is 21.3 Å². The minimum atomic E-state index is -0.933. The molecule has 0 aliphatic carbocycles. The van der Waals surface area contributed by atoms with Gasteiger partial charge in [0.1, 0.15) is 5.60 Å². The van der Waals surface area contributed by atoms with E-state index in [1.165, 1.54) is 0 Å². The van der Waals surface area contributed by atoms with Crippen LogP contribution >= 0.6 is 0 Å². The maximum atomic E-state index is 11.8. The van der Waals surface area contributed by atoms with Crippen LogP contribution in [0.5, 0.6) is 0 Å². The Morgan fingerprint density at radius 3 is 2.00 bits per heavy atom. The number of ether oxygens (including phenoxy) is 1. The van der Waals surface area contributed by atoms with Crippen molar-refractivity contribution >= 4 is 17.8 Å². The second-order valence-corrected chi connectivity index (χ2v) is 5.43. The van der Waals surface area contributed by atoms with Crippen molar-refractivity contribution in [3.05, 3.63) is 0 Å². The largest absolute Gasteiger partial charge is 0.444 e. The maximum Gasteiger partial charge on any atom is 0.408 e. The average molecular weight is 274 g/mol.